The molecule has 0 aliphatic carbocycles. The van der Waals surface area contributed by atoms with E-state index in [0.29, 0.717) is 16.9 Å². The van der Waals surface area contributed by atoms with Gasteiger partial charge in [-0.1, -0.05) is 6.07 Å². The van der Waals surface area contributed by atoms with Crippen LogP contribution in [-0.4, -0.2) is 4.92 Å². The first kappa shape index (κ1) is 14.0. The lowest BCUT2D eigenvalue weighted by atomic mass is 10.1. The summed E-state index contributed by atoms with van der Waals surface area (Å²) >= 11 is 0. The van der Waals surface area contributed by atoms with Crippen molar-refractivity contribution < 1.29 is 4.92 Å². The van der Waals surface area contributed by atoms with Gasteiger partial charge in [0, 0.05) is 17.4 Å². The van der Waals surface area contributed by atoms with Gasteiger partial charge in [0.1, 0.15) is 11.6 Å². The Labute approximate surface area is 121 Å². The van der Waals surface area contributed by atoms with E-state index in [0.717, 1.165) is 5.56 Å². The topological polar surface area (TPSA) is 103 Å². The fourth-order valence-corrected chi connectivity index (χ4v) is 1.84. The number of anilines is 2. The molecule has 0 heterocycles. The van der Waals surface area contributed by atoms with Gasteiger partial charge in [-0.05, 0) is 36.8 Å². The molecule has 0 aromatic heterocycles. The fraction of sp³-hybridized carbons (Fsp3) is 0.0667. The molecule has 0 saturated carbocycles. The van der Waals surface area contributed by atoms with E-state index >= 15 is 0 Å². The van der Waals surface area contributed by atoms with Crippen LogP contribution in [0.25, 0.3) is 0 Å². The van der Waals surface area contributed by atoms with Gasteiger partial charge in [0.05, 0.1) is 16.6 Å². The average Bonchev–Trinajstić information content (AvgIpc) is 2.49. The van der Waals surface area contributed by atoms with E-state index in [4.69, 9.17) is 10.5 Å². The summed E-state index contributed by atoms with van der Waals surface area (Å²) < 4.78 is 0. The lowest BCUT2D eigenvalue weighted by molar-refractivity contribution is -0.385. The van der Waals surface area contributed by atoms with Crippen LogP contribution in [0.4, 0.5) is 17.1 Å². The molecule has 0 amide bonds. The molecular weight excluding hydrogens is 268 g/mol. The second-order valence-electron chi connectivity index (χ2n) is 4.37. The molecule has 2 aromatic rings. The Kier molecular flexibility index (Phi) is 3.83. The number of hydrogen-bond acceptors (Lipinski definition) is 5. The van der Waals surface area contributed by atoms with Crippen LogP contribution in [-0.2, 0) is 0 Å². The Balaban J connectivity index is 2.39. The summed E-state index contributed by atoms with van der Waals surface area (Å²) in [5.74, 6) is 0. The Morgan fingerprint density at radius 1 is 1.14 bits per heavy atom. The van der Waals surface area contributed by atoms with Crippen LogP contribution >= 0.6 is 0 Å². The van der Waals surface area contributed by atoms with Gasteiger partial charge in [-0.15, -0.1) is 0 Å². The standard InChI is InChI=1S/C15H10N4O2/c1-10-2-3-11(8-16)6-14(10)18-13-4-5-15(19(20)21)12(7-13)9-17/h2-7,18H,1H3. The molecule has 0 unspecified atom stereocenters. The van der Waals surface area contributed by atoms with Crippen LogP contribution in [0.2, 0.25) is 0 Å². The minimum Gasteiger partial charge on any atom is -0.355 e. The molecule has 6 nitrogen and oxygen atoms in total. The Bertz CT molecular complexity index is 800. The molecule has 0 aliphatic heterocycles. The van der Waals surface area contributed by atoms with Gasteiger partial charge in [0.2, 0.25) is 0 Å². The smallest absolute Gasteiger partial charge is 0.287 e. The van der Waals surface area contributed by atoms with E-state index in [1.165, 1.54) is 18.2 Å². The summed E-state index contributed by atoms with van der Waals surface area (Å²) in [5, 5.41) is 31.7. The Morgan fingerprint density at radius 2 is 1.90 bits per heavy atom. The molecule has 0 saturated heterocycles. The number of benzene rings is 2. The summed E-state index contributed by atoms with van der Waals surface area (Å²) in [5.41, 5.74) is 2.45. The molecule has 2 rings (SSSR count). The summed E-state index contributed by atoms with van der Waals surface area (Å²) in [6, 6.07) is 13.3. The van der Waals surface area contributed by atoms with E-state index in [-0.39, 0.29) is 11.3 Å². The maximum Gasteiger partial charge on any atom is 0.287 e. The molecule has 2 aromatic carbocycles. The zero-order valence-electron chi connectivity index (χ0n) is 11.1. The van der Waals surface area contributed by atoms with Gasteiger partial charge in [0.25, 0.3) is 5.69 Å². The normalized spacial score (nSPS) is 9.48. The van der Waals surface area contributed by atoms with Crippen molar-refractivity contribution in [2.24, 2.45) is 0 Å². The third kappa shape index (κ3) is 2.96. The highest BCUT2D eigenvalue weighted by atomic mass is 16.6. The second-order valence-corrected chi connectivity index (χ2v) is 4.37. The van der Waals surface area contributed by atoms with Gasteiger partial charge in [-0.3, -0.25) is 10.1 Å². The molecule has 6 heteroatoms. The zero-order valence-corrected chi connectivity index (χ0v) is 11.1. The van der Waals surface area contributed by atoms with E-state index in [9.17, 15) is 10.1 Å². The average molecular weight is 278 g/mol. The van der Waals surface area contributed by atoms with Crippen LogP contribution in [0.5, 0.6) is 0 Å². The maximum atomic E-state index is 10.8. The fourth-order valence-electron chi connectivity index (χ4n) is 1.84. The summed E-state index contributed by atoms with van der Waals surface area (Å²) in [6.07, 6.45) is 0. The van der Waals surface area contributed by atoms with Gasteiger partial charge < -0.3 is 5.32 Å². The van der Waals surface area contributed by atoms with Crippen molar-refractivity contribution in [2.45, 2.75) is 6.92 Å². The maximum absolute atomic E-state index is 10.8. The van der Waals surface area contributed by atoms with Crippen molar-refractivity contribution in [3.63, 3.8) is 0 Å². The molecular formula is C15H10N4O2. The largest absolute Gasteiger partial charge is 0.355 e. The molecule has 0 bridgehead atoms. The minimum absolute atomic E-state index is 0.0147. The van der Waals surface area contributed by atoms with Gasteiger partial charge >= 0.3 is 0 Å². The van der Waals surface area contributed by atoms with E-state index < -0.39 is 4.92 Å². The van der Waals surface area contributed by atoms with Gasteiger partial charge in [-0.25, -0.2) is 0 Å². The van der Waals surface area contributed by atoms with Crippen LogP contribution in [0, 0.1) is 39.7 Å². The highest BCUT2D eigenvalue weighted by molar-refractivity contribution is 5.68. The van der Waals surface area contributed by atoms with Crippen LogP contribution < -0.4 is 5.32 Å². The van der Waals surface area contributed by atoms with Gasteiger partial charge in [-0.2, -0.15) is 10.5 Å². The zero-order chi connectivity index (χ0) is 15.4. The van der Waals surface area contributed by atoms with Gasteiger partial charge in [0.15, 0.2) is 0 Å². The van der Waals surface area contributed by atoms with E-state index in [1.54, 1.807) is 24.3 Å². The van der Waals surface area contributed by atoms with Crippen molar-refractivity contribution in [2.75, 3.05) is 5.32 Å². The van der Waals surface area contributed by atoms with E-state index in [1.807, 2.05) is 13.0 Å². The first-order valence-electron chi connectivity index (χ1n) is 6.01. The van der Waals surface area contributed by atoms with Crippen molar-refractivity contribution in [1.82, 2.24) is 0 Å². The molecule has 0 aliphatic rings. The lowest BCUT2D eigenvalue weighted by Crippen LogP contribution is -1.97. The molecule has 0 atom stereocenters. The molecule has 0 radical (unpaired) electrons. The summed E-state index contributed by atoms with van der Waals surface area (Å²) in [4.78, 5) is 10.2. The highest BCUT2D eigenvalue weighted by Gasteiger charge is 2.14. The van der Waals surface area contributed by atoms with Crippen molar-refractivity contribution in [1.29, 1.82) is 10.5 Å². The summed E-state index contributed by atoms with van der Waals surface area (Å²) in [6.45, 7) is 1.88. The number of nitriles is 2. The third-order valence-electron chi connectivity index (χ3n) is 2.96. The quantitative estimate of drug-likeness (QED) is 0.684. The highest BCUT2D eigenvalue weighted by Crippen LogP contribution is 2.26. The molecule has 1 N–H and O–H groups in total. The number of nitrogens with one attached hydrogen (secondary N) is 1. The predicted octanol–water partition coefficient (Wildman–Crippen LogP) is 3.39. The monoisotopic (exact) mass is 278 g/mol. The van der Waals surface area contributed by atoms with Crippen LogP contribution in [0.15, 0.2) is 36.4 Å². The second kappa shape index (κ2) is 5.72. The van der Waals surface area contributed by atoms with Crippen LogP contribution in [0.3, 0.4) is 0 Å². The van der Waals surface area contributed by atoms with Crippen LogP contribution in [0.1, 0.15) is 16.7 Å². The summed E-state index contributed by atoms with van der Waals surface area (Å²) in [7, 11) is 0. The minimum atomic E-state index is -0.593. The molecule has 21 heavy (non-hydrogen) atoms. The Hall–Kier alpha value is -3.38. The number of nitro groups is 1. The number of aryl methyl sites for hydroxylation is 1. The van der Waals surface area contributed by atoms with Crippen molar-refractivity contribution in [3.05, 3.63) is 63.2 Å². The Morgan fingerprint density at radius 3 is 2.52 bits per heavy atom. The van der Waals surface area contributed by atoms with E-state index in [2.05, 4.69) is 5.32 Å². The molecule has 102 valence electrons. The number of nitrogens with zero attached hydrogens (tertiary/aromatic N) is 3. The van der Waals surface area contributed by atoms with Crippen molar-refractivity contribution in [3.8, 4) is 12.1 Å². The third-order valence-corrected chi connectivity index (χ3v) is 2.96. The number of hydrogen-bond donors (Lipinski definition) is 1. The predicted molar refractivity (Wildman–Crippen MR) is 77.0 cm³/mol. The molecule has 0 fully saturated rings. The first-order valence-corrected chi connectivity index (χ1v) is 6.01. The first-order chi connectivity index (χ1) is 10.0. The van der Waals surface area contributed by atoms with Crippen molar-refractivity contribution >= 4 is 17.1 Å². The molecule has 0 spiro atoms. The lowest BCUT2D eigenvalue weighted by Gasteiger charge is -2.10. The number of rotatable bonds is 3. The SMILES string of the molecule is Cc1ccc(C#N)cc1Nc1ccc([N+](=O)[O-])c(C#N)c1. The number of nitro benzene ring substituents is 1.